The molecular weight excluding hydrogens is 256 g/mol. The smallest absolute Gasteiger partial charge is 0.0446 e. The molecule has 120 valence electrons. The first-order valence-electron chi connectivity index (χ1n) is 7.99. The molecule has 0 radical (unpaired) electrons. The van der Waals surface area contributed by atoms with Crippen LogP contribution in [0.5, 0.6) is 0 Å². The van der Waals surface area contributed by atoms with Crippen LogP contribution in [0.3, 0.4) is 0 Å². The first kappa shape index (κ1) is 18.2. The van der Waals surface area contributed by atoms with Crippen molar-refractivity contribution in [3.63, 3.8) is 0 Å². The van der Waals surface area contributed by atoms with E-state index < -0.39 is 0 Å². The minimum atomic E-state index is 0.219. The molecule has 0 aliphatic rings. The van der Waals surface area contributed by atoms with Crippen LogP contribution in [0.25, 0.3) is 0 Å². The van der Waals surface area contributed by atoms with Gasteiger partial charge in [0.15, 0.2) is 0 Å². The summed E-state index contributed by atoms with van der Waals surface area (Å²) in [5.74, 6) is 0. The fourth-order valence-electron chi connectivity index (χ4n) is 2.76. The summed E-state index contributed by atoms with van der Waals surface area (Å²) in [5, 5.41) is 3.45. The molecule has 0 amide bonds. The zero-order chi connectivity index (χ0) is 16.3. The highest BCUT2D eigenvalue weighted by Gasteiger charge is 2.18. The number of benzene rings is 1. The zero-order valence-electron chi connectivity index (χ0n) is 15.2. The Morgan fingerprint density at radius 1 is 1.00 bits per heavy atom. The van der Waals surface area contributed by atoms with Crippen molar-refractivity contribution in [1.82, 2.24) is 10.2 Å². The summed E-state index contributed by atoms with van der Waals surface area (Å²) >= 11 is 0. The quantitative estimate of drug-likeness (QED) is 0.873. The van der Waals surface area contributed by atoms with E-state index in [2.05, 4.69) is 83.1 Å². The van der Waals surface area contributed by atoms with Gasteiger partial charge in [-0.15, -0.1) is 0 Å². The summed E-state index contributed by atoms with van der Waals surface area (Å²) in [5.41, 5.74) is 3.32. The van der Waals surface area contributed by atoms with Crippen molar-refractivity contribution in [1.29, 1.82) is 0 Å². The number of likely N-dealkylation sites (N-methyl/N-ethyl adjacent to an activating group) is 2. The molecule has 0 aliphatic carbocycles. The van der Waals surface area contributed by atoms with E-state index in [0.29, 0.717) is 11.5 Å². The monoisotopic (exact) mass is 290 g/mol. The maximum Gasteiger partial charge on any atom is 0.0446 e. The van der Waals surface area contributed by atoms with E-state index in [1.807, 2.05) is 7.05 Å². The predicted octanol–water partition coefficient (Wildman–Crippen LogP) is 4.22. The van der Waals surface area contributed by atoms with Crippen molar-refractivity contribution in [3.05, 3.63) is 35.4 Å². The minimum Gasteiger partial charge on any atom is -0.312 e. The molecule has 2 heteroatoms. The van der Waals surface area contributed by atoms with Crippen LogP contribution in [0, 0.1) is 5.41 Å². The minimum absolute atomic E-state index is 0.219. The van der Waals surface area contributed by atoms with Crippen LogP contribution in [0.4, 0.5) is 0 Å². The lowest BCUT2D eigenvalue weighted by atomic mass is 9.86. The molecule has 1 atom stereocenters. The van der Waals surface area contributed by atoms with Crippen molar-refractivity contribution >= 4 is 0 Å². The lowest BCUT2D eigenvalue weighted by Crippen LogP contribution is -2.36. The first-order valence-corrected chi connectivity index (χ1v) is 7.99. The number of hydrogen-bond acceptors (Lipinski definition) is 2. The maximum atomic E-state index is 3.45. The van der Waals surface area contributed by atoms with E-state index in [4.69, 9.17) is 0 Å². The Balaban J connectivity index is 2.76. The van der Waals surface area contributed by atoms with Gasteiger partial charge in [0.1, 0.15) is 0 Å². The van der Waals surface area contributed by atoms with Gasteiger partial charge in [-0.1, -0.05) is 65.8 Å². The highest BCUT2D eigenvalue weighted by molar-refractivity contribution is 5.29. The Hall–Kier alpha value is -0.860. The average Bonchev–Trinajstić information content (AvgIpc) is 2.33. The second-order valence-electron chi connectivity index (χ2n) is 8.47. The maximum absolute atomic E-state index is 3.45. The predicted molar refractivity (Wildman–Crippen MR) is 93.9 cm³/mol. The van der Waals surface area contributed by atoms with Gasteiger partial charge in [0.25, 0.3) is 0 Å². The molecule has 0 saturated heterocycles. The van der Waals surface area contributed by atoms with Crippen LogP contribution in [0.2, 0.25) is 0 Å². The Bertz CT molecular complexity index is 420. The lowest BCUT2D eigenvalue weighted by molar-refractivity contribution is 0.210. The topological polar surface area (TPSA) is 15.3 Å². The van der Waals surface area contributed by atoms with Gasteiger partial charge in [-0.2, -0.15) is 0 Å². The van der Waals surface area contributed by atoms with E-state index in [0.717, 1.165) is 13.1 Å². The Labute approximate surface area is 131 Å². The lowest BCUT2D eigenvalue weighted by Gasteiger charge is -2.30. The van der Waals surface area contributed by atoms with E-state index in [1.54, 1.807) is 0 Å². The standard InChI is InChI=1S/C19H34N2/c1-18(2,3)14-21(8)13-17(20-7)15-9-11-16(12-10-15)19(4,5)6/h9-12,17,20H,13-14H2,1-8H3. The fourth-order valence-corrected chi connectivity index (χ4v) is 2.76. The summed E-state index contributed by atoms with van der Waals surface area (Å²) in [6.45, 7) is 15.8. The van der Waals surface area contributed by atoms with Gasteiger partial charge in [0, 0.05) is 19.1 Å². The second kappa shape index (κ2) is 6.93. The Morgan fingerprint density at radius 2 is 1.52 bits per heavy atom. The van der Waals surface area contributed by atoms with Gasteiger partial charge in [0.2, 0.25) is 0 Å². The van der Waals surface area contributed by atoms with Crippen molar-refractivity contribution in [2.75, 3.05) is 27.2 Å². The zero-order valence-corrected chi connectivity index (χ0v) is 15.2. The fraction of sp³-hybridized carbons (Fsp3) is 0.684. The van der Waals surface area contributed by atoms with Crippen molar-refractivity contribution in [2.24, 2.45) is 5.41 Å². The molecule has 0 aromatic heterocycles. The molecule has 1 N–H and O–H groups in total. The number of nitrogens with one attached hydrogen (secondary N) is 1. The summed E-state index contributed by atoms with van der Waals surface area (Å²) < 4.78 is 0. The van der Waals surface area contributed by atoms with Crippen LogP contribution in [-0.2, 0) is 5.41 Å². The molecule has 0 saturated carbocycles. The summed E-state index contributed by atoms with van der Waals surface area (Å²) in [6.07, 6.45) is 0. The van der Waals surface area contributed by atoms with Crippen molar-refractivity contribution in [2.45, 2.75) is 53.0 Å². The van der Waals surface area contributed by atoms with Gasteiger partial charge < -0.3 is 10.2 Å². The number of nitrogens with zero attached hydrogens (tertiary/aromatic N) is 1. The van der Waals surface area contributed by atoms with E-state index in [9.17, 15) is 0 Å². The highest BCUT2D eigenvalue weighted by atomic mass is 15.1. The van der Waals surface area contributed by atoms with Crippen molar-refractivity contribution < 1.29 is 0 Å². The van der Waals surface area contributed by atoms with Gasteiger partial charge in [-0.3, -0.25) is 0 Å². The third kappa shape index (κ3) is 6.19. The third-order valence-electron chi connectivity index (χ3n) is 3.77. The molecule has 1 aromatic rings. The molecule has 0 bridgehead atoms. The molecule has 0 heterocycles. The Morgan fingerprint density at radius 3 is 1.90 bits per heavy atom. The van der Waals surface area contributed by atoms with Crippen LogP contribution < -0.4 is 5.32 Å². The Kier molecular flexibility index (Phi) is 6.01. The molecule has 1 unspecified atom stereocenters. The molecular formula is C19H34N2. The second-order valence-corrected chi connectivity index (χ2v) is 8.47. The normalized spacial score (nSPS) is 14.5. The van der Waals surface area contributed by atoms with E-state index >= 15 is 0 Å². The number of rotatable bonds is 5. The van der Waals surface area contributed by atoms with Crippen LogP contribution in [0.15, 0.2) is 24.3 Å². The SMILES string of the molecule is CNC(CN(C)CC(C)(C)C)c1ccc(C(C)(C)C)cc1. The molecule has 21 heavy (non-hydrogen) atoms. The third-order valence-corrected chi connectivity index (χ3v) is 3.77. The van der Waals surface area contributed by atoms with Gasteiger partial charge in [-0.05, 0) is 36.1 Å². The van der Waals surface area contributed by atoms with Gasteiger partial charge in [0.05, 0.1) is 0 Å². The number of hydrogen-bond donors (Lipinski definition) is 1. The van der Waals surface area contributed by atoms with Crippen molar-refractivity contribution in [3.8, 4) is 0 Å². The van der Waals surface area contributed by atoms with Crippen LogP contribution in [-0.4, -0.2) is 32.1 Å². The van der Waals surface area contributed by atoms with Gasteiger partial charge >= 0.3 is 0 Å². The summed E-state index contributed by atoms with van der Waals surface area (Å²) in [7, 11) is 4.26. The van der Waals surface area contributed by atoms with Crippen LogP contribution in [0.1, 0.15) is 58.7 Å². The van der Waals surface area contributed by atoms with E-state index in [-0.39, 0.29) is 5.41 Å². The van der Waals surface area contributed by atoms with E-state index in [1.165, 1.54) is 11.1 Å². The highest BCUT2D eigenvalue weighted by Crippen LogP contribution is 2.24. The molecule has 2 nitrogen and oxygen atoms in total. The first-order chi connectivity index (χ1) is 9.53. The molecule has 0 aliphatic heterocycles. The molecule has 0 spiro atoms. The van der Waals surface area contributed by atoms with Gasteiger partial charge in [-0.25, -0.2) is 0 Å². The average molecular weight is 290 g/mol. The molecule has 1 rings (SSSR count). The largest absolute Gasteiger partial charge is 0.312 e. The summed E-state index contributed by atoms with van der Waals surface area (Å²) in [6, 6.07) is 9.46. The molecule has 0 fully saturated rings. The summed E-state index contributed by atoms with van der Waals surface area (Å²) in [4.78, 5) is 2.42. The van der Waals surface area contributed by atoms with Crippen LogP contribution >= 0.6 is 0 Å². The molecule has 1 aromatic carbocycles.